The van der Waals surface area contributed by atoms with Gasteiger partial charge >= 0.3 is 0 Å². The molecule has 1 saturated heterocycles. The van der Waals surface area contributed by atoms with Crippen molar-refractivity contribution in [3.05, 3.63) is 28.3 Å². The molecular weight excluding hydrogens is 366 g/mol. The highest BCUT2D eigenvalue weighted by Crippen LogP contribution is 2.29. The Morgan fingerprint density at radius 1 is 1.07 bits per heavy atom. The van der Waals surface area contributed by atoms with Gasteiger partial charge in [-0.05, 0) is 49.9 Å². The number of hydrogen-bond donors (Lipinski definition) is 1. The summed E-state index contributed by atoms with van der Waals surface area (Å²) in [5.41, 5.74) is 3.57. The number of carbonyl (C=O) groups is 1. The predicted molar refractivity (Wildman–Crippen MR) is 105 cm³/mol. The molecule has 0 spiro atoms. The maximum atomic E-state index is 13.3. The normalized spacial score (nSPS) is 16.0. The topological polar surface area (TPSA) is 79.0 Å². The van der Waals surface area contributed by atoms with Crippen molar-refractivity contribution in [3.8, 4) is 0 Å². The van der Waals surface area contributed by atoms with Gasteiger partial charge in [-0.15, -0.1) is 0 Å². The zero-order valence-corrected chi connectivity index (χ0v) is 17.8. The summed E-state index contributed by atoms with van der Waals surface area (Å²) in [4.78, 5) is 14.4. The Kier molecular flexibility index (Phi) is 7.39. The molecule has 0 bridgehead atoms. The van der Waals surface area contributed by atoms with E-state index in [2.05, 4.69) is 5.32 Å². The highest BCUT2D eigenvalue weighted by Gasteiger charge is 2.32. The standard InChI is InChI=1S/C19H31N3O4S/c1-14-12-15(2)17(4)19(16(14)3)27(24,25)22-9-7-21(8-10-22)18(23)13-20-6-11-26-5/h12,20H,6-11,13H2,1-5H3. The molecule has 1 aromatic carbocycles. The summed E-state index contributed by atoms with van der Waals surface area (Å²) < 4.78 is 32.9. The van der Waals surface area contributed by atoms with Crippen molar-refractivity contribution in [1.82, 2.24) is 14.5 Å². The number of methoxy groups -OCH3 is 1. The monoisotopic (exact) mass is 397 g/mol. The number of nitrogens with one attached hydrogen (secondary N) is 1. The third kappa shape index (κ3) is 4.87. The van der Waals surface area contributed by atoms with Gasteiger partial charge in [-0.1, -0.05) is 6.07 Å². The SMILES string of the molecule is COCCNCC(=O)N1CCN(S(=O)(=O)c2c(C)c(C)cc(C)c2C)CC1. The van der Waals surface area contributed by atoms with Crippen molar-refractivity contribution in [2.24, 2.45) is 0 Å². The fraction of sp³-hybridized carbons (Fsp3) is 0.632. The second kappa shape index (κ2) is 9.14. The number of rotatable bonds is 7. The summed E-state index contributed by atoms with van der Waals surface area (Å²) in [7, 11) is -1.97. The fourth-order valence-corrected chi connectivity index (χ4v) is 5.35. The average molecular weight is 398 g/mol. The summed E-state index contributed by atoms with van der Waals surface area (Å²) in [5.74, 6) is -0.0121. The number of carbonyl (C=O) groups excluding carboxylic acids is 1. The van der Waals surface area contributed by atoms with E-state index in [1.807, 2.05) is 33.8 Å². The molecule has 1 aliphatic heterocycles. The van der Waals surface area contributed by atoms with E-state index in [0.717, 1.165) is 22.3 Å². The lowest BCUT2D eigenvalue weighted by molar-refractivity contribution is -0.131. The zero-order chi connectivity index (χ0) is 20.2. The van der Waals surface area contributed by atoms with Gasteiger partial charge < -0.3 is 15.0 Å². The van der Waals surface area contributed by atoms with E-state index in [9.17, 15) is 13.2 Å². The summed E-state index contributed by atoms with van der Waals surface area (Å²) in [6.07, 6.45) is 0. The van der Waals surface area contributed by atoms with Gasteiger partial charge in [0, 0.05) is 39.8 Å². The highest BCUT2D eigenvalue weighted by atomic mass is 32.2. The Morgan fingerprint density at radius 2 is 1.63 bits per heavy atom. The van der Waals surface area contributed by atoms with Gasteiger partial charge in [0.25, 0.3) is 0 Å². The lowest BCUT2D eigenvalue weighted by Crippen LogP contribution is -2.52. The maximum absolute atomic E-state index is 13.3. The number of aryl methyl sites for hydroxylation is 2. The van der Waals surface area contributed by atoms with E-state index in [1.54, 1.807) is 12.0 Å². The van der Waals surface area contributed by atoms with Crippen molar-refractivity contribution in [2.45, 2.75) is 32.6 Å². The van der Waals surface area contributed by atoms with Crippen LogP contribution >= 0.6 is 0 Å². The van der Waals surface area contributed by atoms with E-state index in [4.69, 9.17) is 4.74 Å². The van der Waals surface area contributed by atoms with E-state index in [-0.39, 0.29) is 12.5 Å². The van der Waals surface area contributed by atoms with E-state index >= 15 is 0 Å². The molecule has 1 aliphatic rings. The van der Waals surface area contributed by atoms with E-state index in [1.165, 1.54) is 4.31 Å². The Balaban J connectivity index is 2.07. The molecule has 1 amide bonds. The fourth-order valence-electron chi connectivity index (χ4n) is 3.36. The van der Waals surface area contributed by atoms with E-state index in [0.29, 0.717) is 44.2 Å². The molecule has 0 saturated carbocycles. The number of nitrogens with zero attached hydrogens (tertiary/aromatic N) is 2. The molecule has 152 valence electrons. The van der Waals surface area contributed by atoms with Gasteiger partial charge in [-0.25, -0.2) is 8.42 Å². The zero-order valence-electron chi connectivity index (χ0n) is 17.0. The quantitative estimate of drug-likeness (QED) is 0.694. The number of ether oxygens (including phenoxy) is 1. The molecule has 2 rings (SSSR count). The van der Waals surface area contributed by atoms with Crippen LogP contribution in [0.5, 0.6) is 0 Å². The number of piperazine rings is 1. The van der Waals surface area contributed by atoms with Crippen LogP contribution in [0.15, 0.2) is 11.0 Å². The van der Waals surface area contributed by atoms with Crippen LogP contribution in [0.25, 0.3) is 0 Å². The molecule has 0 unspecified atom stereocenters. The number of sulfonamides is 1. The van der Waals surface area contributed by atoms with Crippen molar-refractivity contribution in [1.29, 1.82) is 0 Å². The second-order valence-corrected chi connectivity index (χ2v) is 8.92. The first-order valence-electron chi connectivity index (χ1n) is 9.25. The molecular formula is C19H31N3O4S. The highest BCUT2D eigenvalue weighted by molar-refractivity contribution is 7.89. The summed E-state index contributed by atoms with van der Waals surface area (Å²) in [6.45, 7) is 10.5. The first-order chi connectivity index (χ1) is 12.7. The van der Waals surface area contributed by atoms with Crippen LogP contribution in [-0.2, 0) is 19.6 Å². The smallest absolute Gasteiger partial charge is 0.243 e. The number of amides is 1. The van der Waals surface area contributed by atoms with Gasteiger partial charge in [0.2, 0.25) is 15.9 Å². The van der Waals surface area contributed by atoms with E-state index < -0.39 is 10.0 Å². The summed E-state index contributed by atoms with van der Waals surface area (Å²) >= 11 is 0. The molecule has 27 heavy (non-hydrogen) atoms. The Bertz CT molecular complexity index is 758. The van der Waals surface area contributed by atoms with Crippen molar-refractivity contribution < 1.29 is 17.9 Å². The Labute approximate surface area is 162 Å². The van der Waals surface area contributed by atoms with Gasteiger partial charge in [-0.2, -0.15) is 4.31 Å². The minimum Gasteiger partial charge on any atom is -0.383 e. The van der Waals surface area contributed by atoms with Crippen molar-refractivity contribution >= 4 is 15.9 Å². The van der Waals surface area contributed by atoms with Crippen LogP contribution in [0, 0.1) is 27.7 Å². The summed E-state index contributed by atoms with van der Waals surface area (Å²) in [5, 5.41) is 3.03. The molecule has 1 aromatic rings. The lowest BCUT2D eigenvalue weighted by atomic mass is 10.0. The molecule has 1 heterocycles. The Hall–Kier alpha value is -1.48. The molecule has 0 aromatic heterocycles. The first kappa shape index (κ1) is 21.8. The molecule has 8 heteroatoms. The summed E-state index contributed by atoms with van der Waals surface area (Å²) in [6, 6.07) is 2.02. The van der Waals surface area contributed by atoms with Crippen LogP contribution in [0.2, 0.25) is 0 Å². The van der Waals surface area contributed by atoms with Crippen LogP contribution in [0.3, 0.4) is 0 Å². The van der Waals surface area contributed by atoms with Crippen LogP contribution in [-0.4, -0.2) is 76.5 Å². The minimum absolute atomic E-state index is 0.0121. The van der Waals surface area contributed by atoms with Crippen LogP contribution in [0.4, 0.5) is 0 Å². The maximum Gasteiger partial charge on any atom is 0.243 e. The average Bonchev–Trinajstić information content (AvgIpc) is 2.63. The van der Waals surface area contributed by atoms with Gasteiger partial charge in [0.05, 0.1) is 18.0 Å². The van der Waals surface area contributed by atoms with Gasteiger partial charge in [0.1, 0.15) is 0 Å². The van der Waals surface area contributed by atoms with Crippen LogP contribution < -0.4 is 5.32 Å². The third-order valence-electron chi connectivity index (χ3n) is 5.25. The third-order valence-corrected chi connectivity index (χ3v) is 7.42. The van der Waals surface area contributed by atoms with Crippen molar-refractivity contribution in [3.63, 3.8) is 0 Å². The van der Waals surface area contributed by atoms with Gasteiger partial charge in [-0.3, -0.25) is 4.79 Å². The lowest BCUT2D eigenvalue weighted by Gasteiger charge is -2.35. The minimum atomic E-state index is -3.58. The molecule has 1 fully saturated rings. The largest absolute Gasteiger partial charge is 0.383 e. The number of hydrogen-bond acceptors (Lipinski definition) is 5. The van der Waals surface area contributed by atoms with Gasteiger partial charge in [0.15, 0.2) is 0 Å². The molecule has 0 atom stereocenters. The Morgan fingerprint density at radius 3 is 2.15 bits per heavy atom. The molecule has 0 radical (unpaired) electrons. The number of benzene rings is 1. The molecule has 0 aliphatic carbocycles. The van der Waals surface area contributed by atoms with Crippen LogP contribution in [0.1, 0.15) is 22.3 Å². The second-order valence-electron chi connectivity index (χ2n) is 7.04. The van der Waals surface area contributed by atoms with Crippen molar-refractivity contribution in [2.75, 3.05) is 53.0 Å². The molecule has 1 N–H and O–H groups in total. The predicted octanol–water partition coefficient (Wildman–Crippen LogP) is 0.989. The molecule has 7 nitrogen and oxygen atoms in total. The first-order valence-corrected chi connectivity index (χ1v) is 10.7.